The van der Waals surface area contributed by atoms with Gasteiger partial charge in [0.1, 0.15) is 6.04 Å². The molecule has 0 fully saturated rings. The Labute approximate surface area is 155 Å². The smallest absolute Gasteiger partial charge is 0.254 e. The third-order valence-corrected chi connectivity index (χ3v) is 4.36. The van der Waals surface area contributed by atoms with Crippen LogP contribution in [0.2, 0.25) is 0 Å². The number of hydrogen-bond donors (Lipinski definition) is 3. The highest BCUT2D eigenvalue weighted by atomic mass is 16.2. The van der Waals surface area contributed by atoms with Crippen molar-refractivity contribution in [3.05, 3.63) is 52.8 Å². The zero-order chi connectivity index (χ0) is 19.6. The summed E-state index contributed by atoms with van der Waals surface area (Å²) in [7, 11) is 0. The summed E-state index contributed by atoms with van der Waals surface area (Å²) in [6.07, 6.45) is 0.371. The summed E-state index contributed by atoms with van der Waals surface area (Å²) in [4.78, 5) is 32.7. The summed E-state index contributed by atoms with van der Waals surface area (Å²) >= 11 is 0. The number of primary amides is 1. The second-order valence-electron chi connectivity index (χ2n) is 6.33. The van der Waals surface area contributed by atoms with Crippen LogP contribution >= 0.6 is 0 Å². The van der Waals surface area contributed by atoms with Crippen LogP contribution in [0.3, 0.4) is 0 Å². The predicted molar refractivity (Wildman–Crippen MR) is 99.6 cm³/mol. The lowest BCUT2D eigenvalue weighted by Crippen LogP contribution is -2.46. The van der Waals surface area contributed by atoms with Gasteiger partial charge in [-0.05, 0) is 19.4 Å². The Morgan fingerprint density at radius 1 is 1.19 bits per heavy atom. The Balaban J connectivity index is 1.78. The molecule has 9 heteroatoms. The fourth-order valence-corrected chi connectivity index (χ4v) is 2.96. The lowest BCUT2D eigenvalue weighted by atomic mass is 10.0. The van der Waals surface area contributed by atoms with Gasteiger partial charge in [-0.1, -0.05) is 30.3 Å². The van der Waals surface area contributed by atoms with Gasteiger partial charge >= 0.3 is 0 Å². The molecule has 2 heterocycles. The number of fused-ring (bicyclic) bond motifs is 1. The van der Waals surface area contributed by atoms with Crippen LogP contribution in [0.25, 0.3) is 5.78 Å². The molecular formula is C18H21N7O2. The molecule has 1 aromatic carbocycles. The molecule has 140 valence electrons. The van der Waals surface area contributed by atoms with Crippen molar-refractivity contribution >= 4 is 23.5 Å². The number of carbonyl (C=O) groups is 2. The molecule has 2 aromatic heterocycles. The zero-order valence-corrected chi connectivity index (χ0v) is 15.1. The van der Waals surface area contributed by atoms with E-state index >= 15 is 0 Å². The Bertz CT molecular complexity index is 998. The van der Waals surface area contributed by atoms with Crippen molar-refractivity contribution in [3.63, 3.8) is 0 Å². The SMILES string of the molecule is Cc1nc2nc(N)nn2c(C)c1CC(=O)N[C@@H](Cc1ccccc1)C(N)=O. The van der Waals surface area contributed by atoms with E-state index in [0.29, 0.717) is 23.5 Å². The van der Waals surface area contributed by atoms with Crippen molar-refractivity contribution < 1.29 is 9.59 Å². The number of nitrogens with zero attached hydrogens (tertiary/aromatic N) is 4. The van der Waals surface area contributed by atoms with Crippen LogP contribution in [0, 0.1) is 13.8 Å². The minimum atomic E-state index is -0.792. The lowest BCUT2D eigenvalue weighted by molar-refractivity contribution is -0.127. The molecule has 5 N–H and O–H groups in total. The molecule has 2 amide bonds. The third-order valence-electron chi connectivity index (χ3n) is 4.36. The number of nitrogens with two attached hydrogens (primary N) is 2. The monoisotopic (exact) mass is 367 g/mol. The Kier molecular flexibility index (Phi) is 5.02. The van der Waals surface area contributed by atoms with E-state index in [2.05, 4.69) is 20.4 Å². The van der Waals surface area contributed by atoms with Crippen molar-refractivity contribution in [1.82, 2.24) is 24.9 Å². The van der Waals surface area contributed by atoms with Gasteiger partial charge in [0.15, 0.2) is 0 Å². The number of rotatable bonds is 6. The number of carbonyl (C=O) groups excluding carboxylic acids is 2. The van der Waals surface area contributed by atoms with Gasteiger partial charge in [0, 0.05) is 23.4 Å². The largest absolute Gasteiger partial charge is 0.368 e. The van der Waals surface area contributed by atoms with Gasteiger partial charge in [-0.2, -0.15) is 9.50 Å². The van der Waals surface area contributed by atoms with Crippen LogP contribution in [0.15, 0.2) is 30.3 Å². The minimum Gasteiger partial charge on any atom is -0.368 e. The van der Waals surface area contributed by atoms with E-state index in [1.165, 1.54) is 4.52 Å². The molecule has 0 aliphatic rings. The molecule has 9 nitrogen and oxygen atoms in total. The maximum atomic E-state index is 12.5. The minimum absolute atomic E-state index is 0.0406. The zero-order valence-electron chi connectivity index (χ0n) is 15.1. The fourth-order valence-electron chi connectivity index (χ4n) is 2.96. The first-order valence-electron chi connectivity index (χ1n) is 8.46. The average Bonchev–Trinajstić information content (AvgIpc) is 2.99. The quantitative estimate of drug-likeness (QED) is 0.563. The highest BCUT2D eigenvalue weighted by molar-refractivity contribution is 5.87. The highest BCUT2D eigenvalue weighted by Gasteiger charge is 2.21. The molecule has 0 saturated carbocycles. The number of nitrogen functional groups attached to an aromatic ring is 1. The van der Waals surface area contributed by atoms with E-state index in [4.69, 9.17) is 11.5 Å². The summed E-state index contributed by atoms with van der Waals surface area (Å²) in [6.45, 7) is 3.60. The summed E-state index contributed by atoms with van der Waals surface area (Å²) in [6, 6.07) is 8.58. The molecule has 0 bridgehead atoms. The highest BCUT2D eigenvalue weighted by Crippen LogP contribution is 2.15. The molecule has 3 rings (SSSR count). The molecule has 3 aromatic rings. The van der Waals surface area contributed by atoms with E-state index < -0.39 is 11.9 Å². The Morgan fingerprint density at radius 3 is 2.56 bits per heavy atom. The number of aryl methyl sites for hydroxylation is 2. The van der Waals surface area contributed by atoms with Crippen molar-refractivity contribution in [2.45, 2.75) is 32.7 Å². The van der Waals surface area contributed by atoms with Crippen LogP contribution < -0.4 is 16.8 Å². The van der Waals surface area contributed by atoms with E-state index in [9.17, 15) is 9.59 Å². The summed E-state index contributed by atoms with van der Waals surface area (Å²) < 4.78 is 1.50. The van der Waals surface area contributed by atoms with Crippen molar-refractivity contribution in [2.75, 3.05) is 5.73 Å². The molecule has 0 aliphatic carbocycles. The van der Waals surface area contributed by atoms with Gasteiger partial charge in [-0.25, -0.2) is 4.98 Å². The molecule has 0 radical (unpaired) electrons. The maximum Gasteiger partial charge on any atom is 0.254 e. The standard InChI is InChI=1S/C18H21N7O2/c1-10-13(11(2)25-18(21-10)23-17(20)24-25)9-15(26)22-14(16(19)27)8-12-6-4-3-5-7-12/h3-7,14H,8-9H2,1-2H3,(H2,19,27)(H2,20,24)(H,22,26)/t14-/m0/s1. The summed E-state index contributed by atoms with van der Waals surface area (Å²) in [5.41, 5.74) is 14.1. The Morgan fingerprint density at radius 2 is 1.89 bits per heavy atom. The summed E-state index contributed by atoms with van der Waals surface area (Å²) in [5, 5.41) is 6.79. The topological polar surface area (TPSA) is 141 Å². The van der Waals surface area contributed by atoms with E-state index in [1.807, 2.05) is 37.3 Å². The van der Waals surface area contributed by atoms with Crippen LogP contribution in [0.5, 0.6) is 0 Å². The number of hydrogen-bond acceptors (Lipinski definition) is 6. The predicted octanol–water partition coefficient (Wildman–Crippen LogP) is 0.0786. The van der Waals surface area contributed by atoms with Crippen molar-refractivity contribution in [2.24, 2.45) is 5.73 Å². The molecule has 0 spiro atoms. The van der Waals surface area contributed by atoms with Gasteiger partial charge in [-0.3, -0.25) is 9.59 Å². The van der Waals surface area contributed by atoms with Crippen LogP contribution in [0.4, 0.5) is 5.95 Å². The lowest BCUT2D eigenvalue weighted by Gasteiger charge is -2.17. The first-order valence-corrected chi connectivity index (χ1v) is 8.46. The van der Waals surface area contributed by atoms with Crippen LogP contribution in [-0.4, -0.2) is 37.4 Å². The molecule has 0 aliphatic heterocycles. The Hall–Kier alpha value is -3.49. The van der Waals surface area contributed by atoms with E-state index in [-0.39, 0.29) is 18.3 Å². The molecule has 1 atom stereocenters. The normalized spacial score (nSPS) is 12.1. The van der Waals surface area contributed by atoms with Gasteiger partial charge < -0.3 is 16.8 Å². The van der Waals surface area contributed by atoms with Gasteiger partial charge in [0.25, 0.3) is 5.78 Å². The van der Waals surface area contributed by atoms with Crippen LogP contribution in [-0.2, 0) is 22.4 Å². The van der Waals surface area contributed by atoms with Gasteiger partial charge in [-0.15, -0.1) is 5.10 Å². The molecule has 27 heavy (non-hydrogen) atoms. The molecular weight excluding hydrogens is 346 g/mol. The first kappa shape index (κ1) is 18.3. The molecule has 0 unspecified atom stereocenters. The van der Waals surface area contributed by atoms with E-state index in [1.54, 1.807) is 6.92 Å². The average molecular weight is 367 g/mol. The second-order valence-corrected chi connectivity index (χ2v) is 6.33. The third kappa shape index (κ3) is 4.02. The first-order chi connectivity index (χ1) is 12.8. The second kappa shape index (κ2) is 7.40. The molecule has 0 saturated heterocycles. The number of aromatic nitrogens is 4. The number of amides is 2. The van der Waals surface area contributed by atoms with Gasteiger partial charge in [0.05, 0.1) is 6.42 Å². The van der Waals surface area contributed by atoms with Gasteiger partial charge in [0.2, 0.25) is 17.8 Å². The number of benzene rings is 1. The number of anilines is 1. The van der Waals surface area contributed by atoms with E-state index in [0.717, 1.165) is 11.3 Å². The maximum absolute atomic E-state index is 12.5. The van der Waals surface area contributed by atoms with Crippen LogP contribution in [0.1, 0.15) is 22.5 Å². The fraction of sp³-hybridized carbons (Fsp3) is 0.278. The number of nitrogens with one attached hydrogen (secondary N) is 1. The summed E-state index contributed by atoms with van der Waals surface area (Å²) in [5.74, 6) is -0.414. The van der Waals surface area contributed by atoms with Crippen molar-refractivity contribution in [3.8, 4) is 0 Å². The van der Waals surface area contributed by atoms with Crippen molar-refractivity contribution in [1.29, 1.82) is 0 Å².